The van der Waals surface area contributed by atoms with E-state index in [0.717, 1.165) is 0 Å². The molecule has 34 heavy (non-hydrogen) atoms. The lowest BCUT2D eigenvalue weighted by Gasteiger charge is -2.23. The number of terminal acetylenes is 1. The zero-order chi connectivity index (χ0) is 24.6. The van der Waals surface area contributed by atoms with Crippen molar-refractivity contribution in [1.82, 2.24) is 19.5 Å². The smallest absolute Gasteiger partial charge is 0.303 e. The van der Waals surface area contributed by atoms with Gasteiger partial charge in [0, 0.05) is 25.1 Å². The van der Waals surface area contributed by atoms with Crippen LogP contribution in [0.4, 0.5) is 15.9 Å². The predicted octanol–water partition coefficient (Wildman–Crippen LogP) is 3.06. The van der Waals surface area contributed by atoms with E-state index in [0.29, 0.717) is 11.3 Å². The largest absolute Gasteiger partial charge is 0.455 e. The van der Waals surface area contributed by atoms with E-state index < -0.39 is 42.3 Å². The number of aromatic nitrogens is 4. The van der Waals surface area contributed by atoms with Crippen molar-refractivity contribution < 1.29 is 28.2 Å². The first-order valence-corrected chi connectivity index (χ1v) is 10.5. The van der Waals surface area contributed by atoms with Crippen LogP contribution in [0.15, 0.2) is 24.5 Å². The van der Waals surface area contributed by atoms with E-state index in [1.165, 1.54) is 30.8 Å². The molecule has 4 atom stereocenters. The highest BCUT2D eigenvalue weighted by atomic mass is 35.5. The summed E-state index contributed by atoms with van der Waals surface area (Å²) in [5.74, 6) is 0.969. The maximum Gasteiger partial charge on any atom is 0.303 e. The van der Waals surface area contributed by atoms with Crippen LogP contribution in [0.3, 0.4) is 0 Å². The fourth-order valence-electron chi connectivity index (χ4n) is 3.67. The number of hydrogen-bond acceptors (Lipinski definition) is 9. The van der Waals surface area contributed by atoms with Crippen LogP contribution in [0.25, 0.3) is 11.2 Å². The maximum atomic E-state index is 14.0. The summed E-state index contributed by atoms with van der Waals surface area (Å²) in [6.45, 7) is 4.03. The van der Waals surface area contributed by atoms with Gasteiger partial charge in [0.1, 0.15) is 5.82 Å². The number of nitrogens with zero attached hydrogens (tertiary/aromatic N) is 4. The molecule has 4 rings (SSSR count). The number of fused-ring (bicyclic) bond motifs is 1. The van der Waals surface area contributed by atoms with Crippen molar-refractivity contribution in [1.29, 1.82) is 0 Å². The number of ether oxygens (including phenoxy) is 3. The Kier molecular flexibility index (Phi) is 6.37. The molecule has 176 valence electrons. The van der Waals surface area contributed by atoms with Crippen molar-refractivity contribution in [3.63, 3.8) is 0 Å². The second-order valence-electron chi connectivity index (χ2n) is 7.46. The Balaban J connectivity index is 1.78. The molecule has 10 nitrogen and oxygen atoms in total. The molecule has 0 unspecified atom stereocenters. The number of nitrogens with one attached hydrogen (secondary N) is 1. The van der Waals surface area contributed by atoms with Crippen molar-refractivity contribution >= 4 is 46.2 Å². The van der Waals surface area contributed by atoms with Gasteiger partial charge in [0.05, 0.1) is 6.33 Å². The van der Waals surface area contributed by atoms with Gasteiger partial charge in [0.25, 0.3) is 0 Å². The first-order chi connectivity index (χ1) is 16.2. The molecule has 1 aliphatic heterocycles. The third kappa shape index (κ3) is 4.37. The van der Waals surface area contributed by atoms with Crippen molar-refractivity contribution in [3.8, 4) is 12.3 Å². The minimum atomic E-state index is -1.09. The van der Waals surface area contributed by atoms with Crippen molar-refractivity contribution in [3.05, 3.63) is 41.2 Å². The average Bonchev–Trinajstić information content (AvgIpc) is 3.32. The molecule has 0 radical (unpaired) electrons. The standard InChI is InChI=1S/C22H19ClFN5O5/c1-5-15-17(32-11(3)30)18(33-12(4)31)21(34-15)29-9-25-16-19(27-22(23)28-20(16)29)26-14-8-6-7-13(24)10(14)2/h1,6-9,15,17-18,21H,2-4H3,(H,26,27,28)/t15-,17+,18-,21-/m1/s1. The highest BCUT2D eigenvalue weighted by molar-refractivity contribution is 6.28. The summed E-state index contributed by atoms with van der Waals surface area (Å²) in [6.07, 6.45) is 2.76. The summed E-state index contributed by atoms with van der Waals surface area (Å²) in [7, 11) is 0. The molecule has 0 saturated carbocycles. The van der Waals surface area contributed by atoms with Crippen LogP contribution in [0.1, 0.15) is 25.6 Å². The number of imidazole rings is 1. The second-order valence-corrected chi connectivity index (χ2v) is 7.80. The van der Waals surface area contributed by atoms with Crippen LogP contribution in [-0.4, -0.2) is 49.8 Å². The molecule has 1 saturated heterocycles. The number of anilines is 2. The van der Waals surface area contributed by atoms with E-state index in [1.807, 2.05) is 0 Å². The van der Waals surface area contributed by atoms with Gasteiger partial charge in [0.15, 0.2) is 41.5 Å². The van der Waals surface area contributed by atoms with Gasteiger partial charge in [-0.2, -0.15) is 9.97 Å². The first-order valence-electron chi connectivity index (χ1n) is 10.1. The molecule has 3 aromatic rings. The SMILES string of the molecule is C#C[C@H]1O[C@@H](n2cnc3c(Nc4cccc(F)c4C)nc(Cl)nc32)[C@H](OC(C)=O)[C@H]1OC(C)=O. The van der Waals surface area contributed by atoms with Crippen LogP contribution in [-0.2, 0) is 23.8 Å². The minimum Gasteiger partial charge on any atom is -0.455 e. The topological polar surface area (TPSA) is 117 Å². The highest BCUT2D eigenvalue weighted by Crippen LogP contribution is 2.36. The zero-order valence-electron chi connectivity index (χ0n) is 18.3. The van der Waals surface area contributed by atoms with Gasteiger partial charge in [-0.25, -0.2) is 9.37 Å². The van der Waals surface area contributed by atoms with Gasteiger partial charge < -0.3 is 19.5 Å². The van der Waals surface area contributed by atoms with Gasteiger partial charge in [0.2, 0.25) is 5.28 Å². The zero-order valence-corrected chi connectivity index (χ0v) is 19.0. The van der Waals surface area contributed by atoms with E-state index >= 15 is 0 Å². The van der Waals surface area contributed by atoms with Gasteiger partial charge in [-0.15, -0.1) is 6.42 Å². The molecule has 1 aromatic carbocycles. The Morgan fingerprint density at radius 1 is 1.24 bits per heavy atom. The average molecular weight is 488 g/mol. The quantitative estimate of drug-likeness (QED) is 0.329. The highest BCUT2D eigenvalue weighted by Gasteiger charge is 2.50. The lowest BCUT2D eigenvalue weighted by molar-refractivity contribution is -0.165. The van der Waals surface area contributed by atoms with Gasteiger partial charge in [-0.05, 0) is 30.7 Å². The molecule has 1 N–H and O–H groups in total. The number of hydrogen-bond donors (Lipinski definition) is 1. The number of rotatable bonds is 5. The van der Waals surface area contributed by atoms with Crippen LogP contribution >= 0.6 is 11.6 Å². The van der Waals surface area contributed by atoms with Crippen molar-refractivity contribution in [2.75, 3.05) is 5.32 Å². The van der Waals surface area contributed by atoms with Crippen LogP contribution in [0.5, 0.6) is 0 Å². The molecular weight excluding hydrogens is 469 g/mol. The van der Waals surface area contributed by atoms with Crippen molar-refractivity contribution in [2.45, 2.75) is 45.3 Å². The fourth-order valence-corrected chi connectivity index (χ4v) is 3.83. The molecule has 3 heterocycles. The Morgan fingerprint density at radius 2 is 1.94 bits per heavy atom. The predicted molar refractivity (Wildman–Crippen MR) is 119 cm³/mol. The summed E-state index contributed by atoms with van der Waals surface area (Å²) in [5.41, 5.74) is 1.34. The number of halogens is 2. The number of benzene rings is 1. The normalized spacial score (nSPS) is 21.8. The molecule has 0 bridgehead atoms. The van der Waals surface area contributed by atoms with E-state index in [-0.39, 0.29) is 22.3 Å². The Bertz CT molecular complexity index is 1320. The third-order valence-corrected chi connectivity index (χ3v) is 5.32. The van der Waals surface area contributed by atoms with E-state index in [2.05, 4.69) is 26.2 Å². The van der Waals surface area contributed by atoms with Crippen LogP contribution in [0.2, 0.25) is 5.28 Å². The third-order valence-electron chi connectivity index (χ3n) is 5.15. The molecule has 12 heteroatoms. The maximum absolute atomic E-state index is 14.0. The van der Waals surface area contributed by atoms with E-state index in [9.17, 15) is 14.0 Å². The number of esters is 2. The molecular formula is C22H19ClFN5O5. The monoisotopic (exact) mass is 487 g/mol. The van der Waals surface area contributed by atoms with Gasteiger partial charge in [-0.3, -0.25) is 14.2 Å². The molecule has 2 aromatic heterocycles. The van der Waals surface area contributed by atoms with Gasteiger partial charge in [-0.1, -0.05) is 12.0 Å². The molecule has 1 fully saturated rings. The summed E-state index contributed by atoms with van der Waals surface area (Å²) < 4.78 is 32.0. The van der Waals surface area contributed by atoms with Gasteiger partial charge >= 0.3 is 11.9 Å². The number of carbonyl (C=O) groups excluding carboxylic acids is 2. The first kappa shape index (κ1) is 23.4. The summed E-state index contributed by atoms with van der Waals surface area (Å²) in [4.78, 5) is 36.2. The van der Waals surface area contributed by atoms with Crippen LogP contribution in [0, 0.1) is 25.1 Å². The lowest BCUT2D eigenvalue weighted by atomic mass is 10.1. The minimum absolute atomic E-state index is 0.127. The molecule has 0 spiro atoms. The summed E-state index contributed by atoms with van der Waals surface area (Å²) in [5, 5.41) is 2.89. The molecule has 0 aliphatic carbocycles. The second kappa shape index (κ2) is 9.24. The lowest BCUT2D eigenvalue weighted by Crippen LogP contribution is -2.38. The molecule has 0 amide bonds. The van der Waals surface area contributed by atoms with Crippen molar-refractivity contribution in [2.24, 2.45) is 0 Å². The van der Waals surface area contributed by atoms with Crippen LogP contribution < -0.4 is 5.32 Å². The number of carbonyl (C=O) groups is 2. The summed E-state index contributed by atoms with van der Waals surface area (Å²) in [6, 6.07) is 4.57. The Hall–Kier alpha value is -3.75. The summed E-state index contributed by atoms with van der Waals surface area (Å²) >= 11 is 6.17. The van der Waals surface area contributed by atoms with E-state index in [4.69, 9.17) is 32.2 Å². The fraction of sp³-hybridized carbons (Fsp3) is 0.318. The Labute approximate surface area is 198 Å². The Morgan fingerprint density at radius 3 is 2.62 bits per heavy atom. The molecule has 1 aliphatic rings. The van der Waals surface area contributed by atoms with E-state index in [1.54, 1.807) is 19.1 Å².